The molecule has 60 valence electrons. The summed E-state index contributed by atoms with van der Waals surface area (Å²) in [4.78, 5) is 0. The SMILES string of the molecule is Brc1ccccc1C1C=CC=C1. The van der Waals surface area contributed by atoms with Gasteiger partial charge < -0.3 is 0 Å². The number of benzene rings is 1. The van der Waals surface area contributed by atoms with Crippen molar-refractivity contribution < 1.29 is 0 Å². The van der Waals surface area contributed by atoms with Crippen LogP contribution in [-0.4, -0.2) is 0 Å². The molecule has 0 unspecified atom stereocenters. The molecule has 0 aromatic heterocycles. The molecular formula is C11H9Br. The molecule has 0 heterocycles. The van der Waals surface area contributed by atoms with Crippen LogP contribution in [0, 0.1) is 0 Å². The molecule has 0 aliphatic heterocycles. The summed E-state index contributed by atoms with van der Waals surface area (Å²) in [6.45, 7) is 0. The van der Waals surface area contributed by atoms with E-state index in [9.17, 15) is 0 Å². The first kappa shape index (κ1) is 7.81. The molecule has 0 nitrogen and oxygen atoms in total. The maximum Gasteiger partial charge on any atom is 0.0216 e. The zero-order valence-corrected chi connectivity index (χ0v) is 8.16. The molecule has 0 saturated heterocycles. The first-order chi connectivity index (χ1) is 5.88. The van der Waals surface area contributed by atoms with Crippen LogP contribution in [0.5, 0.6) is 0 Å². The number of allylic oxidation sites excluding steroid dienone is 4. The Morgan fingerprint density at radius 1 is 1.00 bits per heavy atom. The molecule has 1 aliphatic carbocycles. The van der Waals surface area contributed by atoms with Crippen LogP contribution in [0.1, 0.15) is 11.5 Å². The van der Waals surface area contributed by atoms with Crippen LogP contribution >= 0.6 is 15.9 Å². The van der Waals surface area contributed by atoms with Gasteiger partial charge in [0.15, 0.2) is 0 Å². The zero-order valence-electron chi connectivity index (χ0n) is 6.57. The summed E-state index contributed by atoms with van der Waals surface area (Å²) in [6, 6.07) is 8.33. The van der Waals surface area contributed by atoms with Gasteiger partial charge in [-0.2, -0.15) is 0 Å². The van der Waals surface area contributed by atoms with Gasteiger partial charge >= 0.3 is 0 Å². The molecule has 0 fully saturated rings. The summed E-state index contributed by atoms with van der Waals surface area (Å²) >= 11 is 3.54. The minimum Gasteiger partial charge on any atom is -0.0732 e. The Morgan fingerprint density at radius 3 is 2.33 bits per heavy atom. The highest BCUT2D eigenvalue weighted by Gasteiger charge is 2.08. The Balaban J connectivity index is 2.39. The van der Waals surface area contributed by atoms with Gasteiger partial charge in [0.25, 0.3) is 0 Å². The fraction of sp³-hybridized carbons (Fsp3) is 0.0909. The summed E-state index contributed by atoms with van der Waals surface area (Å²) in [5.74, 6) is 0.459. The van der Waals surface area contributed by atoms with Crippen molar-refractivity contribution in [1.82, 2.24) is 0 Å². The molecule has 0 amide bonds. The summed E-state index contributed by atoms with van der Waals surface area (Å²) < 4.78 is 1.19. The van der Waals surface area contributed by atoms with Gasteiger partial charge in [-0.15, -0.1) is 0 Å². The highest BCUT2D eigenvalue weighted by atomic mass is 79.9. The lowest BCUT2D eigenvalue weighted by Gasteiger charge is -2.07. The van der Waals surface area contributed by atoms with Crippen molar-refractivity contribution in [1.29, 1.82) is 0 Å². The smallest absolute Gasteiger partial charge is 0.0216 e. The molecule has 1 heteroatoms. The average Bonchev–Trinajstić information content (AvgIpc) is 2.57. The first-order valence-electron chi connectivity index (χ1n) is 3.97. The Hall–Kier alpha value is -0.820. The third kappa shape index (κ3) is 1.37. The molecule has 0 spiro atoms. The average molecular weight is 221 g/mol. The first-order valence-corrected chi connectivity index (χ1v) is 4.76. The lowest BCUT2D eigenvalue weighted by molar-refractivity contribution is 1.09. The largest absolute Gasteiger partial charge is 0.0732 e. The minimum absolute atomic E-state index is 0.459. The van der Waals surface area contributed by atoms with Crippen molar-refractivity contribution in [3.05, 3.63) is 58.6 Å². The third-order valence-corrected chi connectivity index (χ3v) is 2.73. The van der Waals surface area contributed by atoms with Crippen molar-refractivity contribution >= 4 is 15.9 Å². The van der Waals surface area contributed by atoms with Gasteiger partial charge in [0.05, 0.1) is 0 Å². The van der Waals surface area contributed by atoms with E-state index in [1.54, 1.807) is 0 Å². The quantitative estimate of drug-likeness (QED) is 0.678. The highest BCUT2D eigenvalue weighted by Crippen LogP contribution is 2.28. The van der Waals surface area contributed by atoms with Gasteiger partial charge in [0.1, 0.15) is 0 Å². The normalized spacial score (nSPS) is 15.8. The Morgan fingerprint density at radius 2 is 1.67 bits per heavy atom. The van der Waals surface area contributed by atoms with Gasteiger partial charge in [0.2, 0.25) is 0 Å². The fourth-order valence-electron chi connectivity index (χ4n) is 1.38. The van der Waals surface area contributed by atoms with E-state index in [0.717, 1.165) is 0 Å². The van der Waals surface area contributed by atoms with Crippen molar-refractivity contribution in [2.75, 3.05) is 0 Å². The lowest BCUT2D eigenvalue weighted by Crippen LogP contribution is -1.89. The lowest BCUT2D eigenvalue weighted by atomic mass is 10.0. The number of halogens is 1. The number of hydrogen-bond acceptors (Lipinski definition) is 0. The van der Waals surface area contributed by atoms with Gasteiger partial charge in [0, 0.05) is 10.4 Å². The second-order valence-corrected chi connectivity index (χ2v) is 3.67. The Bertz CT molecular complexity index is 325. The van der Waals surface area contributed by atoms with Crippen molar-refractivity contribution in [3.63, 3.8) is 0 Å². The summed E-state index contributed by atoms with van der Waals surface area (Å²) in [5.41, 5.74) is 1.34. The summed E-state index contributed by atoms with van der Waals surface area (Å²) in [6.07, 6.45) is 8.56. The molecule has 12 heavy (non-hydrogen) atoms. The van der Waals surface area contributed by atoms with E-state index in [4.69, 9.17) is 0 Å². The Labute approximate surface area is 80.7 Å². The monoisotopic (exact) mass is 220 g/mol. The topological polar surface area (TPSA) is 0 Å². The summed E-state index contributed by atoms with van der Waals surface area (Å²) in [7, 11) is 0. The van der Waals surface area contributed by atoms with E-state index in [0.29, 0.717) is 5.92 Å². The van der Waals surface area contributed by atoms with Gasteiger partial charge in [-0.25, -0.2) is 0 Å². The second-order valence-electron chi connectivity index (χ2n) is 2.82. The van der Waals surface area contributed by atoms with E-state index < -0.39 is 0 Å². The molecule has 0 atom stereocenters. The van der Waals surface area contributed by atoms with Gasteiger partial charge in [-0.1, -0.05) is 58.4 Å². The number of hydrogen-bond donors (Lipinski definition) is 0. The van der Waals surface area contributed by atoms with E-state index >= 15 is 0 Å². The van der Waals surface area contributed by atoms with Crippen molar-refractivity contribution in [3.8, 4) is 0 Å². The zero-order chi connectivity index (χ0) is 8.39. The van der Waals surface area contributed by atoms with E-state index in [2.05, 4.69) is 58.4 Å². The summed E-state index contributed by atoms with van der Waals surface area (Å²) in [5, 5.41) is 0. The van der Waals surface area contributed by atoms with Crippen LogP contribution in [0.2, 0.25) is 0 Å². The van der Waals surface area contributed by atoms with Crippen LogP contribution < -0.4 is 0 Å². The predicted octanol–water partition coefficient (Wildman–Crippen LogP) is 3.66. The Kier molecular flexibility index (Phi) is 2.13. The van der Waals surface area contributed by atoms with Crippen LogP contribution in [0.3, 0.4) is 0 Å². The van der Waals surface area contributed by atoms with E-state index in [-0.39, 0.29) is 0 Å². The van der Waals surface area contributed by atoms with Crippen molar-refractivity contribution in [2.24, 2.45) is 0 Å². The molecule has 0 N–H and O–H groups in total. The molecule has 1 aromatic carbocycles. The van der Waals surface area contributed by atoms with Crippen LogP contribution in [0.25, 0.3) is 0 Å². The molecule has 0 radical (unpaired) electrons. The molecular weight excluding hydrogens is 212 g/mol. The van der Waals surface area contributed by atoms with Gasteiger partial charge in [-0.3, -0.25) is 0 Å². The van der Waals surface area contributed by atoms with E-state index in [1.165, 1.54) is 10.0 Å². The fourth-order valence-corrected chi connectivity index (χ4v) is 1.93. The highest BCUT2D eigenvalue weighted by molar-refractivity contribution is 9.10. The van der Waals surface area contributed by atoms with Crippen LogP contribution in [0.15, 0.2) is 53.0 Å². The number of rotatable bonds is 1. The minimum atomic E-state index is 0.459. The maximum absolute atomic E-state index is 3.54. The molecule has 2 rings (SSSR count). The van der Waals surface area contributed by atoms with E-state index in [1.807, 2.05) is 6.07 Å². The standard InChI is InChI=1S/C11H9Br/c12-11-8-4-3-7-10(11)9-5-1-2-6-9/h1-9H. The second kappa shape index (κ2) is 3.28. The molecule has 0 bridgehead atoms. The van der Waals surface area contributed by atoms with Crippen LogP contribution in [-0.2, 0) is 0 Å². The molecule has 0 saturated carbocycles. The molecule has 1 aliphatic rings. The maximum atomic E-state index is 3.54. The van der Waals surface area contributed by atoms with Gasteiger partial charge in [-0.05, 0) is 11.6 Å². The molecule has 1 aromatic rings. The van der Waals surface area contributed by atoms with Crippen LogP contribution in [0.4, 0.5) is 0 Å². The predicted molar refractivity (Wildman–Crippen MR) is 55.2 cm³/mol. The third-order valence-electron chi connectivity index (χ3n) is 2.01. The van der Waals surface area contributed by atoms with Crippen molar-refractivity contribution in [2.45, 2.75) is 5.92 Å².